The minimum atomic E-state index is -0.883. The number of carboxylic acids is 1. The van der Waals surface area contributed by atoms with Gasteiger partial charge in [-0.3, -0.25) is 0 Å². The van der Waals surface area contributed by atoms with E-state index in [4.69, 9.17) is 0 Å². The quantitative estimate of drug-likeness (QED) is 0.935. The van der Waals surface area contributed by atoms with E-state index in [1.165, 1.54) is 25.7 Å². The molecule has 0 radical (unpaired) electrons. The lowest BCUT2D eigenvalue weighted by Gasteiger charge is -2.28. The molecular weight excluding hydrogens is 284 g/mol. The average molecular weight is 304 g/mol. The van der Waals surface area contributed by atoms with Gasteiger partial charge in [0.15, 0.2) is 0 Å². The van der Waals surface area contributed by atoms with Crippen LogP contribution in [-0.2, 0) is 6.54 Å². The molecule has 1 saturated carbocycles. The molecule has 5 heteroatoms. The number of nitrogens with zero attached hydrogens (tertiary/aromatic N) is 2. The molecule has 1 N–H and O–H groups in total. The Labute approximate surface area is 128 Å². The van der Waals surface area contributed by atoms with Crippen LogP contribution in [0.5, 0.6) is 0 Å². The summed E-state index contributed by atoms with van der Waals surface area (Å²) in [6.45, 7) is 2.81. The number of fused-ring (bicyclic) bond motifs is 1. The van der Waals surface area contributed by atoms with Crippen molar-refractivity contribution < 1.29 is 9.90 Å². The van der Waals surface area contributed by atoms with Gasteiger partial charge in [-0.05, 0) is 38.2 Å². The number of thioether (sulfide) groups is 1. The van der Waals surface area contributed by atoms with Gasteiger partial charge in [-0.2, -0.15) is 11.8 Å². The van der Waals surface area contributed by atoms with E-state index < -0.39 is 5.97 Å². The Morgan fingerprint density at radius 2 is 2.14 bits per heavy atom. The summed E-state index contributed by atoms with van der Waals surface area (Å²) >= 11 is 1.91. The highest BCUT2D eigenvalue weighted by Crippen LogP contribution is 2.42. The molecular formula is C16H20N2O2S. The second kappa shape index (κ2) is 5.37. The second-order valence-electron chi connectivity index (χ2n) is 5.82. The number of benzene rings is 1. The van der Waals surface area contributed by atoms with Gasteiger partial charge in [0.05, 0.1) is 16.6 Å². The lowest BCUT2D eigenvalue weighted by molar-refractivity contribution is 0.0698. The van der Waals surface area contributed by atoms with Gasteiger partial charge in [0.25, 0.3) is 0 Å². The predicted octanol–water partition coefficient (Wildman–Crippen LogP) is 3.72. The van der Waals surface area contributed by atoms with E-state index in [9.17, 15) is 9.90 Å². The lowest BCUT2D eigenvalue weighted by Crippen LogP contribution is -2.27. The molecule has 21 heavy (non-hydrogen) atoms. The van der Waals surface area contributed by atoms with Crippen LogP contribution in [0.15, 0.2) is 18.2 Å². The number of aryl methyl sites for hydroxylation is 1. The predicted molar refractivity (Wildman–Crippen MR) is 86.1 cm³/mol. The number of hydrogen-bond acceptors (Lipinski definition) is 3. The summed E-state index contributed by atoms with van der Waals surface area (Å²) in [6, 6.07) is 5.33. The van der Waals surface area contributed by atoms with E-state index in [0.717, 1.165) is 23.4 Å². The first-order chi connectivity index (χ1) is 10.1. The van der Waals surface area contributed by atoms with Crippen molar-refractivity contribution in [3.05, 3.63) is 29.6 Å². The average Bonchev–Trinajstić information content (AvgIpc) is 3.05. The molecule has 0 bridgehead atoms. The minimum absolute atomic E-state index is 0.226. The van der Waals surface area contributed by atoms with Crippen LogP contribution < -0.4 is 0 Å². The van der Waals surface area contributed by atoms with E-state index in [1.807, 2.05) is 24.8 Å². The van der Waals surface area contributed by atoms with Crippen molar-refractivity contribution in [3.63, 3.8) is 0 Å². The van der Waals surface area contributed by atoms with Crippen LogP contribution in [0.25, 0.3) is 11.0 Å². The summed E-state index contributed by atoms with van der Waals surface area (Å²) < 4.78 is 2.34. The van der Waals surface area contributed by atoms with Gasteiger partial charge in [0.1, 0.15) is 5.82 Å². The van der Waals surface area contributed by atoms with E-state index >= 15 is 0 Å². The van der Waals surface area contributed by atoms with Gasteiger partial charge in [-0.15, -0.1) is 0 Å². The Balaban J connectivity index is 2.13. The standard InChI is InChI=1S/C16H20N2O2S/c1-11-17-13-7-5-6-12(15(19)20)14(13)18(11)10-16(21-2)8-3-4-9-16/h5-7H,3-4,8-10H2,1-2H3,(H,19,20). The summed E-state index contributed by atoms with van der Waals surface area (Å²) in [7, 11) is 0. The van der Waals surface area contributed by atoms with Crippen LogP contribution in [0.4, 0.5) is 0 Å². The van der Waals surface area contributed by atoms with Crippen molar-refractivity contribution in [3.8, 4) is 0 Å². The first-order valence-electron chi connectivity index (χ1n) is 7.31. The van der Waals surface area contributed by atoms with Gasteiger partial charge in [-0.1, -0.05) is 18.9 Å². The maximum atomic E-state index is 11.5. The Bertz CT molecular complexity index is 687. The van der Waals surface area contributed by atoms with Gasteiger partial charge in [0, 0.05) is 11.3 Å². The van der Waals surface area contributed by atoms with Crippen molar-refractivity contribution in [2.24, 2.45) is 0 Å². The Kier molecular flexibility index (Phi) is 3.69. The van der Waals surface area contributed by atoms with Gasteiger partial charge in [0.2, 0.25) is 0 Å². The maximum absolute atomic E-state index is 11.5. The molecule has 1 aromatic heterocycles. The third kappa shape index (κ3) is 2.44. The van der Waals surface area contributed by atoms with Crippen molar-refractivity contribution in [2.75, 3.05) is 6.26 Å². The fourth-order valence-electron chi connectivity index (χ4n) is 3.40. The van der Waals surface area contributed by atoms with E-state index in [1.54, 1.807) is 12.1 Å². The second-order valence-corrected chi connectivity index (χ2v) is 7.09. The number of imidazole rings is 1. The van der Waals surface area contributed by atoms with Crippen LogP contribution in [0.1, 0.15) is 41.9 Å². The zero-order valence-electron chi connectivity index (χ0n) is 12.4. The molecule has 1 aliphatic carbocycles. The van der Waals surface area contributed by atoms with Crippen molar-refractivity contribution in [1.29, 1.82) is 0 Å². The molecule has 1 heterocycles. The highest BCUT2D eigenvalue weighted by molar-refractivity contribution is 8.00. The Morgan fingerprint density at radius 3 is 2.76 bits per heavy atom. The summed E-state index contributed by atoms with van der Waals surface area (Å²) in [5, 5.41) is 9.45. The molecule has 112 valence electrons. The smallest absolute Gasteiger partial charge is 0.337 e. The topological polar surface area (TPSA) is 55.1 Å². The van der Waals surface area contributed by atoms with E-state index in [2.05, 4.69) is 15.8 Å². The number of rotatable bonds is 4. The minimum Gasteiger partial charge on any atom is -0.478 e. The summed E-state index contributed by atoms with van der Waals surface area (Å²) in [4.78, 5) is 16.1. The van der Waals surface area contributed by atoms with Crippen molar-refractivity contribution in [1.82, 2.24) is 9.55 Å². The number of carbonyl (C=O) groups is 1. The van der Waals surface area contributed by atoms with Crippen LogP contribution in [0.2, 0.25) is 0 Å². The Hall–Kier alpha value is -1.49. The van der Waals surface area contributed by atoms with Crippen LogP contribution >= 0.6 is 11.8 Å². The number of aromatic nitrogens is 2. The van der Waals surface area contributed by atoms with Crippen molar-refractivity contribution in [2.45, 2.75) is 43.9 Å². The number of aromatic carboxylic acids is 1. The van der Waals surface area contributed by atoms with Crippen molar-refractivity contribution >= 4 is 28.8 Å². The van der Waals surface area contributed by atoms with Crippen LogP contribution in [0, 0.1) is 6.92 Å². The number of para-hydroxylation sites is 1. The summed E-state index contributed by atoms with van der Waals surface area (Å²) in [5.41, 5.74) is 1.90. The van der Waals surface area contributed by atoms with Gasteiger partial charge in [-0.25, -0.2) is 9.78 Å². The van der Waals surface area contributed by atoms with Gasteiger partial charge < -0.3 is 9.67 Å². The molecule has 4 nitrogen and oxygen atoms in total. The first kappa shape index (κ1) is 14.4. The fourth-order valence-corrected chi connectivity index (χ4v) is 4.36. The number of carboxylic acid groups (broad SMARTS) is 1. The van der Waals surface area contributed by atoms with E-state index in [0.29, 0.717) is 5.56 Å². The molecule has 3 rings (SSSR count). The van der Waals surface area contributed by atoms with Gasteiger partial charge >= 0.3 is 5.97 Å². The third-order valence-corrected chi connectivity index (χ3v) is 5.99. The molecule has 0 amide bonds. The normalized spacial score (nSPS) is 17.4. The van der Waals surface area contributed by atoms with Crippen LogP contribution in [-0.4, -0.2) is 31.6 Å². The molecule has 1 aliphatic rings. The molecule has 0 saturated heterocycles. The lowest BCUT2D eigenvalue weighted by atomic mass is 10.1. The first-order valence-corrected chi connectivity index (χ1v) is 8.53. The van der Waals surface area contributed by atoms with Crippen LogP contribution in [0.3, 0.4) is 0 Å². The summed E-state index contributed by atoms with van der Waals surface area (Å²) in [5.74, 6) is 0.0189. The number of hydrogen-bond donors (Lipinski definition) is 1. The maximum Gasteiger partial charge on any atom is 0.337 e. The van der Waals surface area contributed by atoms with E-state index in [-0.39, 0.29) is 4.75 Å². The summed E-state index contributed by atoms with van der Waals surface area (Å²) in [6.07, 6.45) is 7.08. The Morgan fingerprint density at radius 1 is 1.43 bits per heavy atom. The molecule has 1 fully saturated rings. The highest BCUT2D eigenvalue weighted by Gasteiger charge is 2.34. The highest BCUT2D eigenvalue weighted by atomic mass is 32.2. The molecule has 0 spiro atoms. The molecule has 1 aromatic carbocycles. The monoisotopic (exact) mass is 304 g/mol. The molecule has 0 unspecified atom stereocenters. The third-order valence-electron chi connectivity index (χ3n) is 4.58. The molecule has 2 aromatic rings. The SMILES string of the molecule is CSC1(Cn2c(C)nc3cccc(C(=O)O)c32)CCCC1. The molecule has 0 atom stereocenters. The molecule has 0 aliphatic heterocycles. The zero-order chi connectivity index (χ0) is 15.0. The largest absolute Gasteiger partial charge is 0.478 e. The fraction of sp³-hybridized carbons (Fsp3) is 0.500. The zero-order valence-corrected chi connectivity index (χ0v) is 13.2.